The number of anilines is 3. The maximum atomic E-state index is 8.82. The SMILES string of the molecule is COc1cc(N2CCN(C)[C@H](C)C2)ccc1-c1cc(Nc2cnc(C#N)cn2)n[nH]1.Cl. The number of rotatable bonds is 5. The van der Waals surface area contributed by atoms with Crippen LogP contribution in [-0.4, -0.2) is 64.9 Å². The Hall–Kier alpha value is -3.35. The Morgan fingerprint density at radius 2 is 2.03 bits per heavy atom. The second kappa shape index (κ2) is 9.64. The van der Waals surface area contributed by atoms with Crippen molar-refractivity contribution < 1.29 is 4.74 Å². The van der Waals surface area contributed by atoms with Gasteiger partial charge in [-0.3, -0.25) is 5.10 Å². The number of ether oxygens (including phenoxy) is 1. The zero-order valence-corrected chi connectivity index (χ0v) is 18.5. The lowest BCUT2D eigenvalue weighted by Gasteiger charge is -2.39. The molecule has 31 heavy (non-hydrogen) atoms. The van der Waals surface area contributed by atoms with E-state index in [-0.39, 0.29) is 18.1 Å². The molecule has 0 unspecified atom stereocenters. The topological polar surface area (TPSA) is 106 Å². The number of H-pyrrole nitrogens is 1. The van der Waals surface area contributed by atoms with Gasteiger partial charge in [0.2, 0.25) is 0 Å². The molecule has 2 N–H and O–H groups in total. The summed E-state index contributed by atoms with van der Waals surface area (Å²) in [6, 6.07) is 10.6. The molecule has 1 aliphatic rings. The molecule has 162 valence electrons. The summed E-state index contributed by atoms with van der Waals surface area (Å²) in [5.41, 5.74) is 3.17. The summed E-state index contributed by atoms with van der Waals surface area (Å²) in [6.45, 7) is 5.27. The van der Waals surface area contributed by atoms with Crippen LogP contribution in [0.25, 0.3) is 11.3 Å². The van der Waals surface area contributed by atoms with E-state index in [1.807, 2.05) is 12.1 Å². The molecular formula is C21H25ClN8O. The standard InChI is InChI=1S/C21H24N8O.ClH/c1-14-13-29(7-6-28(14)2)16-4-5-17(19(8-16)30-3)18-9-20(27-26-18)25-21-12-23-15(10-22)11-24-21;/h4-5,8-9,11-12,14H,6-7,13H2,1-3H3,(H2,24,25,26,27);1H/t14-;/m1./s1. The largest absolute Gasteiger partial charge is 0.496 e. The van der Waals surface area contributed by atoms with Gasteiger partial charge in [0.25, 0.3) is 0 Å². The Balaban J connectivity index is 0.00000272. The summed E-state index contributed by atoms with van der Waals surface area (Å²) in [7, 11) is 3.84. The Morgan fingerprint density at radius 1 is 1.19 bits per heavy atom. The smallest absolute Gasteiger partial charge is 0.158 e. The number of nitrogens with zero attached hydrogens (tertiary/aromatic N) is 6. The second-order valence-corrected chi connectivity index (χ2v) is 7.35. The molecule has 1 aliphatic heterocycles. The lowest BCUT2D eigenvalue weighted by atomic mass is 10.1. The third-order valence-corrected chi connectivity index (χ3v) is 5.40. The molecule has 0 spiro atoms. The molecule has 2 aromatic heterocycles. The lowest BCUT2D eigenvalue weighted by Crippen LogP contribution is -2.50. The number of aromatic nitrogens is 4. The van der Waals surface area contributed by atoms with Crippen molar-refractivity contribution in [2.45, 2.75) is 13.0 Å². The first-order valence-electron chi connectivity index (χ1n) is 9.75. The average Bonchev–Trinajstić information content (AvgIpc) is 3.24. The van der Waals surface area contributed by atoms with Crippen LogP contribution in [-0.2, 0) is 0 Å². The Labute approximate surface area is 187 Å². The third-order valence-electron chi connectivity index (χ3n) is 5.40. The van der Waals surface area contributed by atoms with Crippen LogP contribution in [0.15, 0.2) is 36.7 Å². The minimum Gasteiger partial charge on any atom is -0.496 e. The van der Waals surface area contributed by atoms with Gasteiger partial charge in [0.05, 0.1) is 25.2 Å². The minimum absolute atomic E-state index is 0. The molecule has 0 saturated carbocycles. The van der Waals surface area contributed by atoms with Crippen molar-refractivity contribution in [3.8, 4) is 23.1 Å². The number of benzene rings is 1. The predicted molar refractivity (Wildman–Crippen MR) is 122 cm³/mol. The number of nitrogens with one attached hydrogen (secondary N) is 2. The number of piperazine rings is 1. The van der Waals surface area contributed by atoms with Crippen LogP contribution in [0.2, 0.25) is 0 Å². The first kappa shape index (κ1) is 22.3. The molecule has 0 bridgehead atoms. The van der Waals surface area contributed by atoms with E-state index >= 15 is 0 Å². The first-order valence-corrected chi connectivity index (χ1v) is 9.75. The van der Waals surface area contributed by atoms with Crippen molar-refractivity contribution in [3.63, 3.8) is 0 Å². The highest BCUT2D eigenvalue weighted by molar-refractivity contribution is 5.85. The summed E-state index contributed by atoms with van der Waals surface area (Å²) in [6.07, 6.45) is 2.91. The number of hydrogen-bond donors (Lipinski definition) is 2. The van der Waals surface area contributed by atoms with Crippen LogP contribution in [0, 0.1) is 11.3 Å². The molecule has 0 aliphatic carbocycles. The first-order chi connectivity index (χ1) is 14.6. The highest BCUT2D eigenvalue weighted by Crippen LogP contribution is 2.34. The van der Waals surface area contributed by atoms with Crippen molar-refractivity contribution >= 4 is 29.7 Å². The number of hydrogen-bond acceptors (Lipinski definition) is 8. The van der Waals surface area contributed by atoms with Crippen molar-refractivity contribution in [2.24, 2.45) is 0 Å². The van der Waals surface area contributed by atoms with Crippen LogP contribution in [0.3, 0.4) is 0 Å². The average molecular weight is 441 g/mol. The van der Waals surface area contributed by atoms with E-state index in [0.717, 1.165) is 42.3 Å². The summed E-state index contributed by atoms with van der Waals surface area (Å²) >= 11 is 0. The fourth-order valence-corrected chi connectivity index (χ4v) is 3.49. The normalized spacial score (nSPS) is 16.3. The van der Waals surface area contributed by atoms with Gasteiger partial charge in [-0.1, -0.05) is 0 Å². The molecule has 10 heteroatoms. The van der Waals surface area contributed by atoms with Gasteiger partial charge >= 0.3 is 0 Å². The molecule has 1 saturated heterocycles. The van der Waals surface area contributed by atoms with Crippen LogP contribution >= 0.6 is 12.4 Å². The Morgan fingerprint density at radius 3 is 2.71 bits per heavy atom. The van der Waals surface area contributed by atoms with Gasteiger partial charge in [-0.2, -0.15) is 10.4 Å². The quantitative estimate of drug-likeness (QED) is 0.623. The number of nitriles is 1. The molecule has 1 fully saturated rings. The number of aromatic amines is 1. The van der Waals surface area contributed by atoms with E-state index in [4.69, 9.17) is 10.00 Å². The van der Waals surface area contributed by atoms with Crippen LogP contribution in [0.4, 0.5) is 17.3 Å². The second-order valence-electron chi connectivity index (χ2n) is 7.35. The zero-order chi connectivity index (χ0) is 21.1. The van der Waals surface area contributed by atoms with Crippen molar-refractivity contribution in [1.29, 1.82) is 5.26 Å². The highest BCUT2D eigenvalue weighted by Gasteiger charge is 2.22. The maximum absolute atomic E-state index is 8.82. The summed E-state index contributed by atoms with van der Waals surface area (Å²) in [5, 5.41) is 19.2. The van der Waals surface area contributed by atoms with Crippen molar-refractivity contribution in [1.82, 2.24) is 25.1 Å². The summed E-state index contributed by atoms with van der Waals surface area (Å²) in [4.78, 5) is 12.9. The summed E-state index contributed by atoms with van der Waals surface area (Å²) in [5.74, 6) is 1.90. The molecule has 0 radical (unpaired) electrons. The van der Waals surface area contributed by atoms with Gasteiger partial charge in [-0.15, -0.1) is 12.4 Å². The molecular weight excluding hydrogens is 416 g/mol. The number of methoxy groups -OCH3 is 1. The van der Waals surface area contributed by atoms with Crippen molar-refractivity contribution in [3.05, 3.63) is 42.4 Å². The molecule has 3 heterocycles. The summed E-state index contributed by atoms with van der Waals surface area (Å²) < 4.78 is 5.67. The van der Waals surface area contributed by atoms with Gasteiger partial charge in [0.15, 0.2) is 11.5 Å². The van der Waals surface area contributed by atoms with E-state index in [9.17, 15) is 0 Å². The van der Waals surface area contributed by atoms with Gasteiger partial charge < -0.3 is 19.9 Å². The van der Waals surface area contributed by atoms with Crippen molar-refractivity contribution in [2.75, 3.05) is 44.0 Å². The van der Waals surface area contributed by atoms with Crippen LogP contribution in [0.5, 0.6) is 5.75 Å². The maximum Gasteiger partial charge on any atom is 0.158 e. The minimum atomic E-state index is 0. The fourth-order valence-electron chi connectivity index (χ4n) is 3.49. The van der Waals surface area contributed by atoms with E-state index in [1.165, 1.54) is 12.4 Å². The molecule has 1 aromatic carbocycles. The predicted octanol–water partition coefficient (Wildman–Crippen LogP) is 3.05. The molecule has 3 aromatic rings. The number of halogens is 1. The van der Waals surface area contributed by atoms with Gasteiger partial charge in [0.1, 0.15) is 17.6 Å². The Kier molecular flexibility index (Phi) is 6.95. The number of likely N-dealkylation sites (N-methyl/N-ethyl adjacent to an activating group) is 1. The van der Waals surface area contributed by atoms with Gasteiger partial charge in [-0.05, 0) is 26.1 Å². The van der Waals surface area contributed by atoms with E-state index in [2.05, 4.69) is 67.5 Å². The monoisotopic (exact) mass is 440 g/mol. The van der Waals surface area contributed by atoms with Crippen LogP contribution in [0.1, 0.15) is 12.6 Å². The van der Waals surface area contributed by atoms with Crippen LogP contribution < -0.4 is 15.0 Å². The molecule has 0 amide bonds. The highest BCUT2D eigenvalue weighted by atomic mass is 35.5. The lowest BCUT2D eigenvalue weighted by molar-refractivity contribution is 0.234. The van der Waals surface area contributed by atoms with E-state index in [0.29, 0.717) is 17.7 Å². The zero-order valence-electron chi connectivity index (χ0n) is 17.7. The van der Waals surface area contributed by atoms with Gasteiger partial charge in [-0.25, -0.2) is 9.97 Å². The van der Waals surface area contributed by atoms with Gasteiger partial charge in [0, 0.05) is 49.1 Å². The van der Waals surface area contributed by atoms with E-state index < -0.39 is 0 Å². The molecule has 1 atom stereocenters. The molecule has 4 rings (SSSR count). The Bertz CT molecular complexity index is 1060. The molecule has 9 nitrogen and oxygen atoms in total. The fraction of sp³-hybridized carbons (Fsp3) is 0.333. The third kappa shape index (κ3) is 4.87. The van der Waals surface area contributed by atoms with E-state index in [1.54, 1.807) is 7.11 Å².